The molecule has 6 aromatic carbocycles. The van der Waals surface area contributed by atoms with Gasteiger partial charge in [-0.15, -0.1) is 0 Å². The number of ether oxygens (including phenoxy) is 1. The Morgan fingerprint density at radius 2 is 1.14 bits per heavy atom. The first-order valence-electron chi connectivity index (χ1n) is 16.6. The molecule has 0 saturated carbocycles. The molecule has 0 heterocycles. The van der Waals surface area contributed by atoms with Gasteiger partial charge in [0.25, 0.3) is 0 Å². The van der Waals surface area contributed by atoms with E-state index in [1.54, 1.807) is 0 Å². The fourth-order valence-electron chi connectivity index (χ4n) is 6.20. The van der Waals surface area contributed by atoms with Gasteiger partial charge in [0.1, 0.15) is 11.5 Å². The summed E-state index contributed by atoms with van der Waals surface area (Å²) in [6.07, 6.45) is 4.05. The molecule has 0 amide bonds. The van der Waals surface area contributed by atoms with Gasteiger partial charge in [0, 0.05) is 11.3 Å². The van der Waals surface area contributed by atoms with Crippen molar-refractivity contribution in [3.63, 3.8) is 0 Å². The van der Waals surface area contributed by atoms with Crippen LogP contribution in [0.25, 0.3) is 39.0 Å². The maximum absolute atomic E-state index is 6.51. The van der Waals surface area contributed by atoms with E-state index < -0.39 is 0 Å². The molecule has 0 bridgehead atoms. The van der Waals surface area contributed by atoms with Gasteiger partial charge >= 0.3 is 0 Å². The van der Waals surface area contributed by atoms with Gasteiger partial charge in [0.15, 0.2) is 0 Å². The smallest absolute Gasteiger partial charge is 0.143 e. The monoisotopic (exact) mass is 635 g/mol. The number of hydrogen-bond acceptors (Lipinski definition) is 2. The highest BCUT2D eigenvalue weighted by molar-refractivity contribution is 5.89. The zero-order valence-electron chi connectivity index (χ0n) is 28.4. The number of allylic oxidation sites excluding steroid dienone is 4. The fraction of sp³-hybridized carbons (Fsp3) is 0.0638. The summed E-state index contributed by atoms with van der Waals surface area (Å²) in [5, 5.41) is 0. The summed E-state index contributed by atoms with van der Waals surface area (Å²) >= 11 is 0. The largest absolute Gasteiger partial charge is 0.460 e. The topological polar surface area (TPSA) is 12.5 Å². The minimum absolute atomic E-state index is 0.532. The zero-order chi connectivity index (χ0) is 34.2. The van der Waals surface area contributed by atoms with Crippen molar-refractivity contribution in [2.45, 2.75) is 20.8 Å². The quantitative estimate of drug-likeness (QED) is 0.104. The number of anilines is 2. The maximum Gasteiger partial charge on any atom is 0.143 e. The van der Waals surface area contributed by atoms with Crippen molar-refractivity contribution in [1.29, 1.82) is 0 Å². The van der Waals surface area contributed by atoms with Crippen LogP contribution < -0.4 is 4.90 Å². The molecule has 6 rings (SSSR count). The molecule has 0 fully saturated rings. The Hall–Kier alpha value is -6.12. The van der Waals surface area contributed by atoms with Gasteiger partial charge in [-0.2, -0.15) is 0 Å². The van der Waals surface area contributed by atoms with Crippen molar-refractivity contribution in [2.75, 3.05) is 4.90 Å². The van der Waals surface area contributed by atoms with E-state index in [0.717, 1.165) is 61.6 Å². The van der Waals surface area contributed by atoms with Gasteiger partial charge in [-0.3, -0.25) is 0 Å². The molecule has 2 nitrogen and oxygen atoms in total. The molecule has 0 aromatic heterocycles. The first-order valence-corrected chi connectivity index (χ1v) is 16.6. The first-order chi connectivity index (χ1) is 23.9. The van der Waals surface area contributed by atoms with Gasteiger partial charge in [-0.1, -0.05) is 153 Å². The molecular weight excluding hydrogens is 595 g/mol. The van der Waals surface area contributed by atoms with Gasteiger partial charge in [-0.25, -0.2) is 0 Å². The lowest BCUT2D eigenvalue weighted by molar-refractivity contribution is 0.317. The van der Waals surface area contributed by atoms with E-state index in [0.29, 0.717) is 11.5 Å². The lowest BCUT2D eigenvalue weighted by Crippen LogP contribution is -2.19. The van der Waals surface area contributed by atoms with Crippen LogP contribution in [0.1, 0.15) is 25.0 Å². The second kappa shape index (κ2) is 15.2. The average Bonchev–Trinajstić information content (AvgIpc) is 3.14. The SMILES string of the molecule is C=C(O/C(C)=C/C(=C)c1ccccc1C)/C(=C\C)N(c1cccc(-c2ccccc2)c1)c1ccc(-c2ccccc2)cc1-c1ccccc1. The summed E-state index contributed by atoms with van der Waals surface area (Å²) in [6, 6.07) is 55.1. The van der Waals surface area contributed by atoms with E-state index in [1.807, 2.05) is 44.2 Å². The molecule has 240 valence electrons. The summed E-state index contributed by atoms with van der Waals surface area (Å²) in [5.74, 6) is 1.24. The summed E-state index contributed by atoms with van der Waals surface area (Å²) < 4.78 is 6.51. The van der Waals surface area contributed by atoms with Crippen LogP contribution in [0.5, 0.6) is 0 Å². The van der Waals surface area contributed by atoms with Gasteiger partial charge in [-0.05, 0) is 95.6 Å². The Kier molecular flexibility index (Phi) is 10.2. The summed E-state index contributed by atoms with van der Waals surface area (Å²) in [7, 11) is 0. The number of hydrogen-bond donors (Lipinski definition) is 0. The maximum atomic E-state index is 6.51. The van der Waals surface area contributed by atoms with E-state index >= 15 is 0 Å². The molecule has 0 N–H and O–H groups in total. The molecular formula is C47H41NO. The van der Waals surface area contributed by atoms with Crippen LogP contribution in [0.3, 0.4) is 0 Å². The molecule has 0 aliphatic carbocycles. The Morgan fingerprint density at radius 1 is 0.592 bits per heavy atom. The minimum Gasteiger partial charge on any atom is -0.460 e. The molecule has 0 aliphatic heterocycles. The Morgan fingerprint density at radius 3 is 1.76 bits per heavy atom. The van der Waals surface area contributed by atoms with Gasteiger partial charge in [0.05, 0.1) is 11.4 Å². The molecule has 6 aromatic rings. The lowest BCUT2D eigenvalue weighted by atomic mass is 9.96. The van der Waals surface area contributed by atoms with Crippen LogP contribution in [0, 0.1) is 6.92 Å². The third-order valence-electron chi connectivity index (χ3n) is 8.59. The third kappa shape index (κ3) is 7.56. The van der Waals surface area contributed by atoms with E-state index in [4.69, 9.17) is 4.74 Å². The fourth-order valence-corrected chi connectivity index (χ4v) is 6.20. The number of benzene rings is 6. The van der Waals surface area contributed by atoms with Crippen LogP contribution in [0.4, 0.5) is 11.4 Å². The Bertz CT molecular complexity index is 2140. The van der Waals surface area contributed by atoms with E-state index in [1.165, 1.54) is 5.56 Å². The molecule has 0 radical (unpaired) electrons. The van der Waals surface area contributed by atoms with E-state index in [9.17, 15) is 0 Å². The second-order valence-electron chi connectivity index (χ2n) is 12.0. The highest BCUT2D eigenvalue weighted by atomic mass is 16.5. The van der Waals surface area contributed by atoms with Crippen molar-refractivity contribution >= 4 is 16.9 Å². The highest BCUT2D eigenvalue weighted by Gasteiger charge is 2.23. The molecule has 0 atom stereocenters. The zero-order valence-corrected chi connectivity index (χ0v) is 28.4. The molecule has 2 heteroatoms. The van der Waals surface area contributed by atoms with Gasteiger partial charge < -0.3 is 9.64 Å². The van der Waals surface area contributed by atoms with Gasteiger partial charge in [0.2, 0.25) is 0 Å². The molecule has 0 spiro atoms. The number of nitrogens with zero attached hydrogens (tertiary/aromatic N) is 1. The Balaban J connectivity index is 1.48. The normalized spacial score (nSPS) is 11.6. The average molecular weight is 636 g/mol. The van der Waals surface area contributed by atoms with Crippen molar-refractivity contribution in [3.05, 3.63) is 211 Å². The van der Waals surface area contributed by atoms with Crippen LogP contribution >= 0.6 is 0 Å². The highest BCUT2D eigenvalue weighted by Crippen LogP contribution is 2.43. The minimum atomic E-state index is 0.532. The summed E-state index contributed by atoms with van der Waals surface area (Å²) in [4.78, 5) is 2.26. The Labute approximate surface area is 291 Å². The summed E-state index contributed by atoms with van der Waals surface area (Å²) in [5.41, 5.74) is 12.8. The standard InChI is InChI=1S/C47H41NO/c1-6-46(37(5)49-36(4)31-35(3)44-28-17-16-19-34(44)2)48(43-27-18-26-41(32-43)38-20-10-7-11-21-38)47-30-29-42(39-22-12-8-13-23-39)33-45(47)40-24-14-9-15-25-40/h6-33H,3,5H2,1-2,4H3/b36-31+,46-6+. The molecule has 0 saturated heterocycles. The molecule has 0 aliphatic rings. The van der Waals surface area contributed by atoms with E-state index in [2.05, 4.69) is 165 Å². The predicted molar refractivity (Wildman–Crippen MR) is 209 cm³/mol. The van der Waals surface area contributed by atoms with Crippen LogP contribution in [-0.2, 0) is 4.74 Å². The molecule has 49 heavy (non-hydrogen) atoms. The molecule has 0 unspecified atom stereocenters. The van der Waals surface area contributed by atoms with Crippen molar-refractivity contribution in [2.24, 2.45) is 0 Å². The summed E-state index contributed by atoms with van der Waals surface area (Å²) in [6.45, 7) is 14.9. The second-order valence-corrected chi connectivity index (χ2v) is 12.0. The number of aryl methyl sites for hydroxylation is 1. The van der Waals surface area contributed by atoms with Crippen molar-refractivity contribution in [1.82, 2.24) is 0 Å². The van der Waals surface area contributed by atoms with E-state index in [-0.39, 0.29) is 0 Å². The predicted octanol–water partition coefficient (Wildman–Crippen LogP) is 13.2. The van der Waals surface area contributed by atoms with Crippen LogP contribution in [0.15, 0.2) is 200 Å². The number of rotatable bonds is 11. The van der Waals surface area contributed by atoms with Crippen LogP contribution in [0.2, 0.25) is 0 Å². The van der Waals surface area contributed by atoms with Crippen molar-refractivity contribution < 1.29 is 4.74 Å². The van der Waals surface area contributed by atoms with Crippen molar-refractivity contribution in [3.8, 4) is 33.4 Å². The third-order valence-corrected chi connectivity index (χ3v) is 8.59. The lowest BCUT2D eigenvalue weighted by Gasteiger charge is -2.31. The first kappa shape index (κ1) is 32.8. The van der Waals surface area contributed by atoms with Crippen LogP contribution in [-0.4, -0.2) is 0 Å².